The van der Waals surface area contributed by atoms with Crippen LogP contribution in [-0.4, -0.2) is 27.8 Å². The Balaban J connectivity index is 1.76. The summed E-state index contributed by atoms with van der Waals surface area (Å²) in [5.41, 5.74) is 6.68. The van der Waals surface area contributed by atoms with Gasteiger partial charge in [-0.05, 0) is 36.8 Å². The molecule has 0 aliphatic carbocycles. The van der Waals surface area contributed by atoms with E-state index >= 15 is 0 Å². The van der Waals surface area contributed by atoms with Crippen molar-refractivity contribution >= 4 is 45.7 Å². The van der Waals surface area contributed by atoms with E-state index in [0.717, 1.165) is 28.2 Å². The van der Waals surface area contributed by atoms with Crippen LogP contribution in [0.4, 0.5) is 16.2 Å². The van der Waals surface area contributed by atoms with E-state index < -0.39 is 0 Å². The van der Waals surface area contributed by atoms with Crippen LogP contribution in [0.25, 0.3) is 0 Å². The number of hydrazone groups is 1. The number of carbonyl (C=O) groups excluding carboxylic acids is 2. The highest BCUT2D eigenvalue weighted by molar-refractivity contribution is 8.14. The molecule has 1 unspecified atom stereocenters. The van der Waals surface area contributed by atoms with Crippen LogP contribution in [0.3, 0.4) is 0 Å². The number of nitrogens with zero attached hydrogens (tertiary/aromatic N) is 2. The number of anilines is 1. The summed E-state index contributed by atoms with van der Waals surface area (Å²) in [6, 6.07) is 15.0. The molecule has 4 rings (SSSR count). The summed E-state index contributed by atoms with van der Waals surface area (Å²) in [6.07, 6.45) is 0. The lowest BCUT2D eigenvalue weighted by molar-refractivity contribution is -0.110. The molecule has 6 nitrogen and oxygen atoms in total. The van der Waals surface area contributed by atoms with E-state index in [1.165, 1.54) is 11.8 Å². The Morgan fingerprint density at radius 1 is 1.12 bits per heavy atom. The first-order chi connectivity index (χ1) is 12.1. The molecule has 0 saturated heterocycles. The minimum atomic E-state index is -0.225. The van der Waals surface area contributed by atoms with Crippen molar-refractivity contribution in [1.82, 2.24) is 5.43 Å². The van der Waals surface area contributed by atoms with Gasteiger partial charge in [-0.3, -0.25) is 9.59 Å². The predicted octanol–water partition coefficient (Wildman–Crippen LogP) is 3.31. The van der Waals surface area contributed by atoms with Crippen molar-refractivity contribution in [2.24, 2.45) is 10.1 Å². The molecule has 2 amide bonds. The Morgan fingerprint density at radius 3 is 2.68 bits per heavy atom. The third-order valence-corrected chi connectivity index (χ3v) is 4.85. The highest BCUT2D eigenvalue weighted by Gasteiger charge is 2.29. The van der Waals surface area contributed by atoms with E-state index in [0.29, 0.717) is 5.71 Å². The SMILES string of the molecule is CC1SC(=O)NN=C1c1ccc2c(c1)C(=Nc1ccccc1)C(=O)N2. The van der Waals surface area contributed by atoms with Crippen LogP contribution in [0.15, 0.2) is 58.6 Å². The van der Waals surface area contributed by atoms with Gasteiger partial charge in [0.2, 0.25) is 0 Å². The fourth-order valence-corrected chi connectivity index (χ4v) is 3.51. The number of amides is 2. The van der Waals surface area contributed by atoms with Crippen molar-refractivity contribution < 1.29 is 9.59 Å². The molecule has 2 aromatic rings. The summed E-state index contributed by atoms with van der Waals surface area (Å²) in [5.74, 6) is -0.225. The van der Waals surface area contributed by atoms with Gasteiger partial charge in [0, 0.05) is 5.56 Å². The van der Waals surface area contributed by atoms with Gasteiger partial charge in [0.25, 0.3) is 11.1 Å². The van der Waals surface area contributed by atoms with Crippen molar-refractivity contribution in [3.63, 3.8) is 0 Å². The lowest BCUT2D eigenvalue weighted by atomic mass is 10.0. The third kappa shape index (κ3) is 2.94. The maximum absolute atomic E-state index is 12.3. The van der Waals surface area contributed by atoms with E-state index in [1.54, 1.807) is 0 Å². The molecule has 124 valence electrons. The number of fused-ring (bicyclic) bond motifs is 1. The van der Waals surface area contributed by atoms with Gasteiger partial charge >= 0.3 is 0 Å². The highest BCUT2D eigenvalue weighted by Crippen LogP contribution is 2.29. The fourth-order valence-electron chi connectivity index (χ4n) is 2.79. The first kappa shape index (κ1) is 15.6. The second-order valence-corrected chi connectivity index (χ2v) is 6.98. The summed E-state index contributed by atoms with van der Waals surface area (Å²) in [4.78, 5) is 28.2. The lowest BCUT2D eigenvalue weighted by Crippen LogP contribution is -2.29. The second-order valence-electron chi connectivity index (χ2n) is 5.67. The van der Waals surface area contributed by atoms with E-state index in [1.807, 2.05) is 55.5 Å². The largest absolute Gasteiger partial charge is 0.320 e. The van der Waals surface area contributed by atoms with E-state index in [2.05, 4.69) is 20.8 Å². The average Bonchev–Trinajstić information content (AvgIpc) is 2.91. The standard InChI is InChI=1S/C18H14N4O2S/c1-10-15(21-22-18(24)25-10)11-7-8-14-13(9-11)16(17(23)20-14)19-12-5-3-2-4-6-12/h2-10H,1H3,(H,22,24)(H,19,20,23). The molecule has 2 N–H and O–H groups in total. The van der Waals surface area contributed by atoms with Crippen molar-refractivity contribution in [3.8, 4) is 0 Å². The van der Waals surface area contributed by atoms with Gasteiger partial charge in [-0.2, -0.15) is 5.10 Å². The first-order valence-corrected chi connectivity index (χ1v) is 8.64. The third-order valence-electron chi connectivity index (χ3n) is 3.97. The smallest absolute Gasteiger partial charge is 0.299 e. The Morgan fingerprint density at radius 2 is 1.92 bits per heavy atom. The zero-order valence-corrected chi connectivity index (χ0v) is 14.1. The number of aliphatic imine (C=N–C) groups is 1. The van der Waals surface area contributed by atoms with Crippen LogP contribution in [0.1, 0.15) is 18.1 Å². The number of thioether (sulfide) groups is 1. The van der Waals surface area contributed by atoms with Crippen molar-refractivity contribution in [3.05, 3.63) is 59.7 Å². The molecular weight excluding hydrogens is 336 g/mol. The maximum Gasteiger partial charge on any atom is 0.299 e. The van der Waals surface area contributed by atoms with Gasteiger partial charge in [0.1, 0.15) is 5.71 Å². The van der Waals surface area contributed by atoms with E-state index in [-0.39, 0.29) is 16.4 Å². The van der Waals surface area contributed by atoms with Crippen molar-refractivity contribution in [2.75, 3.05) is 5.32 Å². The van der Waals surface area contributed by atoms with Gasteiger partial charge < -0.3 is 5.32 Å². The predicted molar refractivity (Wildman–Crippen MR) is 99.8 cm³/mol. The van der Waals surface area contributed by atoms with Gasteiger partial charge in [-0.1, -0.05) is 36.0 Å². The monoisotopic (exact) mass is 350 g/mol. The zero-order valence-electron chi connectivity index (χ0n) is 13.3. The fraction of sp³-hybridized carbons (Fsp3) is 0.111. The molecule has 0 fully saturated rings. The van der Waals surface area contributed by atoms with E-state index in [9.17, 15) is 9.59 Å². The summed E-state index contributed by atoms with van der Waals surface area (Å²) in [6.45, 7) is 1.93. The highest BCUT2D eigenvalue weighted by atomic mass is 32.2. The lowest BCUT2D eigenvalue weighted by Gasteiger charge is -2.18. The van der Waals surface area contributed by atoms with Crippen LogP contribution in [0, 0.1) is 0 Å². The number of rotatable bonds is 2. The van der Waals surface area contributed by atoms with Crippen LogP contribution < -0.4 is 10.7 Å². The van der Waals surface area contributed by atoms with Crippen molar-refractivity contribution in [2.45, 2.75) is 12.2 Å². The number of nitrogens with one attached hydrogen (secondary N) is 2. The number of hydrogen-bond acceptors (Lipinski definition) is 5. The molecule has 0 aromatic heterocycles. The van der Waals surface area contributed by atoms with Crippen LogP contribution in [-0.2, 0) is 4.79 Å². The molecule has 7 heteroatoms. The molecule has 0 spiro atoms. The molecule has 2 aromatic carbocycles. The topological polar surface area (TPSA) is 82.9 Å². The quantitative estimate of drug-likeness (QED) is 0.872. The molecule has 0 radical (unpaired) electrons. The first-order valence-electron chi connectivity index (χ1n) is 7.76. The Kier molecular flexibility index (Phi) is 3.85. The summed E-state index contributed by atoms with van der Waals surface area (Å²) in [5, 5.41) is 6.77. The van der Waals surface area contributed by atoms with Gasteiger partial charge in [-0.25, -0.2) is 10.4 Å². The van der Waals surface area contributed by atoms with Crippen molar-refractivity contribution in [1.29, 1.82) is 0 Å². The molecular formula is C18H14N4O2S. The number of para-hydroxylation sites is 1. The normalized spacial score (nSPS) is 20.8. The molecule has 2 aliphatic rings. The van der Waals surface area contributed by atoms with Gasteiger partial charge in [0.15, 0.2) is 0 Å². The Bertz CT molecular complexity index is 937. The summed E-state index contributed by atoms with van der Waals surface area (Å²) in [7, 11) is 0. The van der Waals surface area contributed by atoms with E-state index in [4.69, 9.17) is 0 Å². The minimum Gasteiger partial charge on any atom is -0.320 e. The summed E-state index contributed by atoms with van der Waals surface area (Å²) >= 11 is 1.19. The Labute approximate surface area is 148 Å². The van der Waals surface area contributed by atoms with Crippen LogP contribution in [0.2, 0.25) is 0 Å². The second kappa shape index (κ2) is 6.18. The molecule has 2 heterocycles. The zero-order chi connectivity index (χ0) is 17.4. The van der Waals surface area contributed by atoms with Crippen LogP contribution >= 0.6 is 11.8 Å². The molecule has 0 saturated carbocycles. The molecule has 0 bridgehead atoms. The maximum atomic E-state index is 12.3. The number of hydrogen-bond donors (Lipinski definition) is 2. The average molecular weight is 350 g/mol. The number of carbonyl (C=O) groups is 2. The van der Waals surface area contributed by atoms with Crippen LogP contribution in [0.5, 0.6) is 0 Å². The Hall–Kier alpha value is -2.93. The molecule has 25 heavy (non-hydrogen) atoms. The summed E-state index contributed by atoms with van der Waals surface area (Å²) < 4.78 is 0. The van der Waals surface area contributed by atoms with Gasteiger partial charge in [0.05, 0.1) is 22.3 Å². The number of benzene rings is 2. The molecule has 2 aliphatic heterocycles. The minimum absolute atomic E-state index is 0.0635. The molecule has 1 atom stereocenters. The van der Waals surface area contributed by atoms with Gasteiger partial charge in [-0.15, -0.1) is 0 Å².